The molecular formula is C10H15N5OS. The van der Waals surface area contributed by atoms with Gasteiger partial charge >= 0.3 is 0 Å². The van der Waals surface area contributed by atoms with E-state index in [9.17, 15) is 0 Å². The SMILES string of the molecule is OCCCSCCNc1nccn2cnnc12. The predicted molar refractivity (Wildman–Crippen MR) is 68.3 cm³/mol. The summed E-state index contributed by atoms with van der Waals surface area (Å²) in [7, 11) is 0. The van der Waals surface area contributed by atoms with Crippen LogP contribution in [0.4, 0.5) is 5.82 Å². The van der Waals surface area contributed by atoms with E-state index in [0.29, 0.717) is 0 Å². The molecule has 0 fully saturated rings. The second-order valence-electron chi connectivity index (χ2n) is 3.45. The maximum atomic E-state index is 8.64. The van der Waals surface area contributed by atoms with Gasteiger partial charge in [-0.05, 0) is 12.2 Å². The predicted octanol–water partition coefficient (Wildman–Crippen LogP) is 0.652. The van der Waals surface area contributed by atoms with E-state index in [2.05, 4.69) is 20.5 Å². The van der Waals surface area contributed by atoms with Crippen molar-refractivity contribution in [3.8, 4) is 0 Å². The fraction of sp³-hybridized carbons (Fsp3) is 0.500. The third-order valence-electron chi connectivity index (χ3n) is 2.20. The Balaban J connectivity index is 1.80. The monoisotopic (exact) mass is 253 g/mol. The number of aliphatic hydroxyl groups excluding tert-OH is 1. The highest BCUT2D eigenvalue weighted by molar-refractivity contribution is 7.99. The summed E-state index contributed by atoms with van der Waals surface area (Å²) in [5, 5.41) is 19.7. The van der Waals surface area contributed by atoms with Gasteiger partial charge in [0.2, 0.25) is 5.65 Å². The number of aliphatic hydroxyl groups is 1. The van der Waals surface area contributed by atoms with E-state index in [-0.39, 0.29) is 6.61 Å². The number of hydrogen-bond acceptors (Lipinski definition) is 6. The zero-order chi connectivity index (χ0) is 11.9. The largest absolute Gasteiger partial charge is 0.396 e. The van der Waals surface area contributed by atoms with Crippen LogP contribution in [0.25, 0.3) is 5.65 Å². The minimum Gasteiger partial charge on any atom is -0.396 e. The summed E-state index contributed by atoms with van der Waals surface area (Å²) in [6.45, 7) is 1.09. The first-order valence-electron chi connectivity index (χ1n) is 5.48. The van der Waals surface area contributed by atoms with Crippen molar-refractivity contribution in [2.24, 2.45) is 0 Å². The number of nitrogens with zero attached hydrogens (tertiary/aromatic N) is 4. The highest BCUT2D eigenvalue weighted by Gasteiger charge is 2.03. The summed E-state index contributed by atoms with van der Waals surface area (Å²) in [5.41, 5.74) is 0.743. The van der Waals surface area contributed by atoms with Crippen LogP contribution < -0.4 is 5.32 Å². The van der Waals surface area contributed by atoms with Crippen LogP contribution in [0.2, 0.25) is 0 Å². The molecule has 0 amide bonds. The van der Waals surface area contributed by atoms with Crippen LogP contribution in [0.1, 0.15) is 6.42 Å². The molecule has 0 aliphatic rings. The van der Waals surface area contributed by atoms with Crippen LogP contribution in [-0.2, 0) is 0 Å². The first-order chi connectivity index (χ1) is 8.42. The van der Waals surface area contributed by atoms with E-state index in [1.54, 1.807) is 12.5 Å². The lowest BCUT2D eigenvalue weighted by Gasteiger charge is -2.05. The Morgan fingerprint density at radius 1 is 1.41 bits per heavy atom. The molecule has 0 saturated carbocycles. The summed E-state index contributed by atoms with van der Waals surface area (Å²) in [6, 6.07) is 0. The van der Waals surface area contributed by atoms with E-state index in [0.717, 1.165) is 35.9 Å². The molecule has 2 aromatic heterocycles. The highest BCUT2D eigenvalue weighted by atomic mass is 32.2. The molecule has 2 rings (SSSR count). The summed E-state index contributed by atoms with van der Waals surface area (Å²) in [5.74, 6) is 2.73. The molecule has 17 heavy (non-hydrogen) atoms. The number of nitrogens with one attached hydrogen (secondary N) is 1. The Morgan fingerprint density at radius 2 is 2.35 bits per heavy atom. The van der Waals surface area contributed by atoms with E-state index < -0.39 is 0 Å². The first-order valence-corrected chi connectivity index (χ1v) is 6.64. The van der Waals surface area contributed by atoms with Gasteiger partial charge in [0.05, 0.1) is 0 Å². The van der Waals surface area contributed by atoms with Crippen LogP contribution in [0.3, 0.4) is 0 Å². The summed E-state index contributed by atoms with van der Waals surface area (Å²) in [6.07, 6.45) is 6.04. The standard InChI is InChI=1S/C10H15N5OS/c16-5-1-6-17-7-3-12-9-10-14-13-8-15(10)4-2-11-9/h2,4,8,16H,1,3,5-7H2,(H,11,12). The average Bonchev–Trinajstić information content (AvgIpc) is 2.82. The molecule has 2 heterocycles. The highest BCUT2D eigenvalue weighted by Crippen LogP contribution is 2.10. The molecule has 0 radical (unpaired) electrons. The number of rotatable bonds is 7. The number of anilines is 1. The summed E-state index contributed by atoms with van der Waals surface area (Å²) < 4.78 is 1.83. The number of thioether (sulfide) groups is 1. The van der Waals surface area contributed by atoms with Crippen molar-refractivity contribution in [1.29, 1.82) is 0 Å². The van der Waals surface area contributed by atoms with Gasteiger partial charge < -0.3 is 10.4 Å². The Morgan fingerprint density at radius 3 is 3.24 bits per heavy atom. The molecule has 0 aromatic carbocycles. The number of hydrogen-bond donors (Lipinski definition) is 2. The molecule has 2 N–H and O–H groups in total. The maximum absolute atomic E-state index is 8.64. The molecule has 0 bridgehead atoms. The summed E-state index contributed by atoms with van der Waals surface area (Å²) in [4.78, 5) is 4.23. The van der Waals surface area contributed by atoms with Crippen LogP contribution in [-0.4, -0.2) is 49.3 Å². The normalized spacial score (nSPS) is 10.9. The molecule has 92 valence electrons. The molecule has 2 aromatic rings. The first kappa shape index (κ1) is 12.1. The van der Waals surface area contributed by atoms with Gasteiger partial charge in [-0.2, -0.15) is 11.8 Å². The molecule has 0 aliphatic heterocycles. The molecule has 0 saturated heterocycles. The summed E-state index contributed by atoms with van der Waals surface area (Å²) >= 11 is 1.81. The third kappa shape index (κ3) is 3.31. The van der Waals surface area contributed by atoms with Crippen molar-refractivity contribution < 1.29 is 5.11 Å². The minimum absolute atomic E-state index is 0.265. The van der Waals surface area contributed by atoms with E-state index in [4.69, 9.17) is 5.11 Å². The van der Waals surface area contributed by atoms with Crippen molar-refractivity contribution in [3.05, 3.63) is 18.7 Å². The molecule has 0 spiro atoms. The van der Waals surface area contributed by atoms with Gasteiger partial charge in [0.15, 0.2) is 5.82 Å². The van der Waals surface area contributed by atoms with Crippen LogP contribution in [0.5, 0.6) is 0 Å². The van der Waals surface area contributed by atoms with Crippen LogP contribution in [0.15, 0.2) is 18.7 Å². The van der Waals surface area contributed by atoms with E-state index in [1.807, 2.05) is 22.4 Å². The molecule has 0 aliphatic carbocycles. The Hall–Kier alpha value is -1.34. The van der Waals surface area contributed by atoms with Gasteiger partial charge in [-0.25, -0.2) is 4.98 Å². The zero-order valence-electron chi connectivity index (χ0n) is 9.41. The van der Waals surface area contributed by atoms with Crippen molar-refractivity contribution in [3.63, 3.8) is 0 Å². The second-order valence-corrected chi connectivity index (χ2v) is 4.68. The fourth-order valence-corrected chi connectivity index (χ4v) is 2.18. The lowest BCUT2D eigenvalue weighted by molar-refractivity contribution is 0.296. The third-order valence-corrected chi connectivity index (χ3v) is 3.27. The topological polar surface area (TPSA) is 75.3 Å². The average molecular weight is 253 g/mol. The maximum Gasteiger partial charge on any atom is 0.203 e. The number of fused-ring (bicyclic) bond motifs is 1. The zero-order valence-corrected chi connectivity index (χ0v) is 10.2. The lowest BCUT2D eigenvalue weighted by Crippen LogP contribution is -2.07. The van der Waals surface area contributed by atoms with Crippen LogP contribution >= 0.6 is 11.8 Å². The van der Waals surface area contributed by atoms with Crippen LogP contribution in [0, 0.1) is 0 Å². The molecule has 7 heteroatoms. The Labute approximate surface area is 103 Å². The minimum atomic E-state index is 0.265. The van der Waals surface area contributed by atoms with Gasteiger partial charge in [0.25, 0.3) is 0 Å². The molecular weight excluding hydrogens is 238 g/mol. The smallest absolute Gasteiger partial charge is 0.203 e. The van der Waals surface area contributed by atoms with Crippen molar-refractivity contribution >= 4 is 23.2 Å². The van der Waals surface area contributed by atoms with E-state index in [1.165, 1.54) is 0 Å². The fourth-order valence-electron chi connectivity index (χ4n) is 1.39. The van der Waals surface area contributed by atoms with Gasteiger partial charge in [-0.3, -0.25) is 4.40 Å². The Bertz CT molecular complexity index is 461. The molecule has 6 nitrogen and oxygen atoms in total. The van der Waals surface area contributed by atoms with Crippen molar-refractivity contribution in [1.82, 2.24) is 19.6 Å². The van der Waals surface area contributed by atoms with Gasteiger partial charge in [-0.15, -0.1) is 10.2 Å². The number of aromatic nitrogens is 4. The van der Waals surface area contributed by atoms with E-state index >= 15 is 0 Å². The molecule has 0 unspecified atom stereocenters. The second kappa shape index (κ2) is 6.41. The quantitative estimate of drug-likeness (QED) is 0.706. The van der Waals surface area contributed by atoms with Crippen molar-refractivity contribution in [2.75, 3.05) is 30.0 Å². The van der Waals surface area contributed by atoms with Crippen molar-refractivity contribution in [2.45, 2.75) is 6.42 Å². The van der Waals surface area contributed by atoms with Gasteiger partial charge in [0.1, 0.15) is 6.33 Å². The lowest BCUT2D eigenvalue weighted by atomic mass is 10.5. The van der Waals surface area contributed by atoms with Gasteiger partial charge in [0, 0.05) is 31.3 Å². The van der Waals surface area contributed by atoms with Gasteiger partial charge in [-0.1, -0.05) is 0 Å². The molecule has 0 atom stereocenters. The Kier molecular flexibility index (Phi) is 4.57.